The van der Waals surface area contributed by atoms with E-state index >= 15 is 0 Å². The van der Waals surface area contributed by atoms with E-state index in [1.807, 2.05) is 0 Å². The second-order valence-electron chi connectivity index (χ2n) is 13.5. The number of rotatable bonds is 13. The van der Waals surface area contributed by atoms with Gasteiger partial charge in [-0.1, -0.05) is 0 Å². The van der Waals surface area contributed by atoms with Crippen molar-refractivity contribution in [3.8, 4) is 45.8 Å². The molecule has 8 N–H and O–H groups in total. The molecule has 6 rings (SSSR count). The molecule has 0 unspecified atom stereocenters. The van der Waals surface area contributed by atoms with Crippen molar-refractivity contribution < 1.29 is 88.0 Å². The standard InChI is InChI=1S/C40H44O19/c1-51-22-14-23-29(20(43)13-21(56-23)18-6-8-19(42)9-7-18)33(47)30(22)38-39(35(49)31(45)26(15-41)57-38)59-40-36(50)34(48)32(46)27(58-40)16-55-28(44)10-5-17-11-24(52-2)37(54-4)25(12-17)53-3/h5-14,26-27,31-32,34-36,38-42,45-50H,15-16H2,1-4H3/b10-5+/t26-,27-,31-,32-,34+,35+,36-,38+,39-,40+/m1/s1. The summed E-state index contributed by atoms with van der Waals surface area (Å²) in [6.07, 6.45) is -15.5. The molecule has 4 aromatic rings. The van der Waals surface area contributed by atoms with E-state index in [2.05, 4.69) is 0 Å². The quantitative estimate of drug-likeness (QED) is 0.0673. The summed E-state index contributed by atoms with van der Waals surface area (Å²) in [5.74, 6) is -0.753. The topological polar surface area (TPSA) is 283 Å². The van der Waals surface area contributed by atoms with Crippen molar-refractivity contribution in [2.45, 2.75) is 61.2 Å². The molecule has 0 spiro atoms. The Morgan fingerprint density at radius 3 is 2.02 bits per heavy atom. The maximum atomic E-state index is 13.5. The number of phenolic OH excluding ortho intramolecular Hbond substituents is 2. The summed E-state index contributed by atoms with van der Waals surface area (Å²) >= 11 is 0. The number of benzene rings is 3. The molecule has 3 aromatic carbocycles. The molecular weight excluding hydrogens is 784 g/mol. The Balaban J connectivity index is 1.27. The maximum Gasteiger partial charge on any atom is 0.330 e. The Hall–Kier alpha value is -5.48. The Morgan fingerprint density at radius 1 is 0.763 bits per heavy atom. The number of carbonyl (C=O) groups is 1. The molecule has 59 heavy (non-hydrogen) atoms. The predicted molar refractivity (Wildman–Crippen MR) is 202 cm³/mol. The summed E-state index contributed by atoms with van der Waals surface area (Å²) in [6, 6.07) is 11.3. The van der Waals surface area contributed by atoms with Gasteiger partial charge in [-0.15, -0.1) is 0 Å². The van der Waals surface area contributed by atoms with Gasteiger partial charge < -0.3 is 83.2 Å². The van der Waals surface area contributed by atoms with Crippen molar-refractivity contribution in [1.29, 1.82) is 0 Å². The van der Waals surface area contributed by atoms with Crippen LogP contribution in [0.25, 0.3) is 28.4 Å². The minimum atomic E-state index is -2.00. The van der Waals surface area contributed by atoms with Crippen LogP contribution in [0.5, 0.6) is 34.5 Å². The number of hydrogen-bond acceptors (Lipinski definition) is 19. The third-order valence-corrected chi connectivity index (χ3v) is 9.97. The molecule has 2 fully saturated rings. The second-order valence-corrected chi connectivity index (χ2v) is 13.5. The van der Waals surface area contributed by atoms with E-state index in [0.29, 0.717) is 28.4 Å². The van der Waals surface area contributed by atoms with Crippen LogP contribution in [0.3, 0.4) is 0 Å². The Bertz CT molecular complexity index is 2180. The summed E-state index contributed by atoms with van der Waals surface area (Å²) in [6.45, 7) is -1.50. The summed E-state index contributed by atoms with van der Waals surface area (Å²) in [5.41, 5.74) is -0.254. The molecule has 0 saturated carbocycles. The molecule has 3 heterocycles. The fourth-order valence-corrected chi connectivity index (χ4v) is 6.88. The molecule has 19 nitrogen and oxygen atoms in total. The van der Waals surface area contributed by atoms with Gasteiger partial charge in [0.15, 0.2) is 23.2 Å². The van der Waals surface area contributed by atoms with Gasteiger partial charge in [-0.2, -0.15) is 0 Å². The number of esters is 1. The number of hydrogen-bond donors (Lipinski definition) is 8. The number of aliphatic hydroxyl groups is 6. The number of fused-ring (bicyclic) bond motifs is 1. The van der Waals surface area contributed by atoms with Crippen molar-refractivity contribution in [1.82, 2.24) is 0 Å². The van der Waals surface area contributed by atoms with Gasteiger partial charge in [-0.05, 0) is 48.0 Å². The zero-order valence-corrected chi connectivity index (χ0v) is 32.0. The number of carbonyl (C=O) groups excluding carboxylic acids is 1. The van der Waals surface area contributed by atoms with Crippen molar-refractivity contribution in [2.75, 3.05) is 41.7 Å². The van der Waals surface area contributed by atoms with Crippen LogP contribution in [0.15, 0.2) is 63.8 Å². The zero-order chi connectivity index (χ0) is 42.7. The van der Waals surface area contributed by atoms with Gasteiger partial charge in [0.1, 0.15) is 95.5 Å². The van der Waals surface area contributed by atoms with Crippen LogP contribution in [0.1, 0.15) is 17.2 Å². The lowest BCUT2D eigenvalue weighted by Crippen LogP contribution is -2.63. The van der Waals surface area contributed by atoms with Crippen molar-refractivity contribution in [2.24, 2.45) is 0 Å². The van der Waals surface area contributed by atoms with E-state index in [1.54, 1.807) is 12.1 Å². The minimum absolute atomic E-state index is 0.0210. The molecule has 0 bridgehead atoms. The lowest BCUT2D eigenvalue weighted by molar-refractivity contribution is -0.342. The molecule has 2 aliphatic rings. The van der Waals surface area contributed by atoms with E-state index in [1.165, 1.54) is 64.8 Å². The van der Waals surface area contributed by atoms with Gasteiger partial charge in [-0.3, -0.25) is 4.79 Å². The average molecular weight is 829 g/mol. The highest BCUT2D eigenvalue weighted by Gasteiger charge is 2.52. The van der Waals surface area contributed by atoms with E-state index < -0.39 is 91.6 Å². The summed E-state index contributed by atoms with van der Waals surface area (Å²) in [5, 5.41) is 85.8. The largest absolute Gasteiger partial charge is 0.508 e. The molecule has 19 heteroatoms. The normalized spacial score (nSPS) is 27.1. The van der Waals surface area contributed by atoms with E-state index in [4.69, 9.17) is 42.3 Å². The maximum absolute atomic E-state index is 13.5. The Morgan fingerprint density at radius 2 is 1.41 bits per heavy atom. The average Bonchev–Trinajstić information content (AvgIpc) is 3.23. The first kappa shape index (κ1) is 43.1. The second kappa shape index (κ2) is 18.2. The van der Waals surface area contributed by atoms with Gasteiger partial charge in [0, 0.05) is 23.8 Å². The number of phenols is 2. The number of methoxy groups -OCH3 is 4. The van der Waals surface area contributed by atoms with Crippen LogP contribution >= 0.6 is 0 Å². The van der Waals surface area contributed by atoms with Gasteiger partial charge in [-0.25, -0.2) is 4.79 Å². The first-order chi connectivity index (χ1) is 28.2. The monoisotopic (exact) mass is 828 g/mol. The van der Waals surface area contributed by atoms with E-state index in [-0.39, 0.29) is 33.8 Å². The van der Waals surface area contributed by atoms with Crippen molar-refractivity contribution >= 4 is 23.0 Å². The molecule has 318 valence electrons. The van der Waals surface area contributed by atoms with Crippen LogP contribution in [-0.2, 0) is 23.7 Å². The Labute approximate surface area is 335 Å². The summed E-state index contributed by atoms with van der Waals surface area (Å²) < 4.78 is 50.3. The fourth-order valence-electron chi connectivity index (χ4n) is 6.88. The van der Waals surface area contributed by atoms with Crippen LogP contribution in [0.4, 0.5) is 0 Å². The lowest BCUT2D eigenvalue weighted by atomic mass is 9.89. The third kappa shape index (κ3) is 8.65. The van der Waals surface area contributed by atoms with E-state index in [9.17, 15) is 50.4 Å². The SMILES string of the molecule is COc1cc(/C=C/C(=O)OC[C@H]2O[C@@H](O[C@@H]3[C@@H](O)[C@H](O)[C@@H](CO)O[C@H]3c3c(OC)cc4oc(-c5ccc(O)cc5)cc(=O)c4c3O)[C@H](O)[C@@H](O)[C@@H]2O)cc(OC)c1OC. The molecule has 0 radical (unpaired) electrons. The zero-order valence-electron chi connectivity index (χ0n) is 32.0. The minimum Gasteiger partial charge on any atom is -0.508 e. The number of aliphatic hydroxyl groups excluding tert-OH is 6. The van der Waals surface area contributed by atoms with Crippen LogP contribution in [0, 0.1) is 0 Å². The number of aromatic hydroxyl groups is 2. The lowest BCUT2D eigenvalue weighted by Gasteiger charge is -2.46. The molecule has 2 aliphatic heterocycles. The molecule has 0 amide bonds. The highest BCUT2D eigenvalue weighted by molar-refractivity contribution is 5.89. The molecule has 0 aliphatic carbocycles. The highest BCUT2D eigenvalue weighted by Crippen LogP contribution is 2.47. The Kier molecular flexibility index (Phi) is 13.3. The first-order valence-electron chi connectivity index (χ1n) is 18.0. The summed E-state index contributed by atoms with van der Waals surface area (Å²) in [4.78, 5) is 26.2. The van der Waals surface area contributed by atoms with E-state index in [0.717, 1.165) is 12.1 Å². The molecule has 10 atom stereocenters. The molecule has 2 saturated heterocycles. The van der Waals surface area contributed by atoms with Gasteiger partial charge in [0.25, 0.3) is 0 Å². The van der Waals surface area contributed by atoms with Crippen LogP contribution < -0.4 is 24.4 Å². The van der Waals surface area contributed by atoms with Gasteiger partial charge in [0.05, 0.1) is 40.6 Å². The number of ether oxygens (including phenoxy) is 8. The fraction of sp³-hybridized carbons (Fsp3) is 0.400. The smallest absolute Gasteiger partial charge is 0.330 e. The van der Waals surface area contributed by atoms with Crippen molar-refractivity contribution in [3.63, 3.8) is 0 Å². The van der Waals surface area contributed by atoms with Gasteiger partial charge >= 0.3 is 5.97 Å². The molecule has 1 aromatic heterocycles. The summed E-state index contributed by atoms with van der Waals surface area (Å²) in [7, 11) is 5.50. The third-order valence-electron chi connectivity index (χ3n) is 9.97. The highest BCUT2D eigenvalue weighted by atomic mass is 16.7. The van der Waals surface area contributed by atoms with Crippen molar-refractivity contribution in [3.05, 3.63) is 76.0 Å². The predicted octanol–water partition coefficient (Wildman–Crippen LogP) is 0.509. The van der Waals surface area contributed by atoms with Crippen LogP contribution in [-0.4, -0.2) is 144 Å². The first-order valence-corrected chi connectivity index (χ1v) is 18.0. The van der Waals surface area contributed by atoms with Crippen LogP contribution in [0.2, 0.25) is 0 Å². The van der Waals surface area contributed by atoms with Gasteiger partial charge in [0.2, 0.25) is 5.75 Å². The molecular formula is C40H44O19.